The van der Waals surface area contributed by atoms with Crippen LogP contribution >= 0.6 is 11.3 Å². The molecule has 0 aliphatic carbocycles. The van der Waals surface area contributed by atoms with Gasteiger partial charge in [0.1, 0.15) is 4.70 Å². The van der Waals surface area contributed by atoms with Gasteiger partial charge in [-0.1, -0.05) is 0 Å². The molecule has 0 amide bonds. The second-order valence-electron chi connectivity index (χ2n) is 4.95. The number of pyridine rings is 1. The summed E-state index contributed by atoms with van der Waals surface area (Å²) in [4.78, 5) is 16.3. The van der Waals surface area contributed by atoms with Gasteiger partial charge in [-0.2, -0.15) is 5.10 Å². The maximum atomic E-state index is 12.3. The number of hydrogen-bond donors (Lipinski definition) is 2. The zero-order chi connectivity index (χ0) is 13.7. The van der Waals surface area contributed by atoms with Crippen LogP contribution in [-0.4, -0.2) is 21.8 Å². The second-order valence-corrected chi connectivity index (χ2v) is 6.00. The first-order valence-corrected chi connectivity index (χ1v) is 7.35. The molecule has 102 valence electrons. The number of nitrogens with zero attached hydrogens (tertiary/aromatic N) is 1. The van der Waals surface area contributed by atoms with Crippen LogP contribution in [0.5, 0.6) is 0 Å². The van der Waals surface area contributed by atoms with Gasteiger partial charge >= 0.3 is 0 Å². The van der Waals surface area contributed by atoms with Gasteiger partial charge < -0.3 is 9.72 Å². The third kappa shape index (κ3) is 1.65. The van der Waals surface area contributed by atoms with Crippen LogP contribution < -0.4 is 5.56 Å². The summed E-state index contributed by atoms with van der Waals surface area (Å²) in [6, 6.07) is 2.09. The van der Waals surface area contributed by atoms with Crippen LogP contribution in [0.1, 0.15) is 24.3 Å². The zero-order valence-electron chi connectivity index (χ0n) is 10.9. The quantitative estimate of drug-likeness (QED) is 0.722. The van der Waals surface area contributed by atoms with E-state index in [1.165, 1.54) is 16.9 Å². The predicted octanol–water partition coefficient (Wildman–Crippen LogP) is 2.61. The molecule has 2 N–H and O–H groups in total. The van der Waals surface area contributed by atoms with Gasteiger partial charge in [-0.25, -0.2) is 0 Å². The maximum absolute atomic E-state index is 12.3. The Morgan fingerprint density at radius 2 is 2.40 bits per heavy atom. The first-order chi connectivity index (χ1) is 9.74. The Morgan fingerprint density at radius 1 is 1.50 bits per heavy atom. The van der Waals surface area contributed by atoms with E-state index in [4.69, 9.17) is 4.74 Å². The number of ether oxygens (including phenoxy) is 1. The molecule has 1 unspecified atom stereocenters. The molecule has 0 spiro atoms. The highest BCUT2D eigenvalue weighted by Gasteiger charge is 2.22. The Morgan fingerprint density at radius 3 is 3.20 bits per heavy atom. The van der Waals surface area contributed by atoms with Gasteiger partial charge in [0, 0.05) is 22.0 Å². The predicted molar refractivity (Wildman–Crippen MR) is 78.1 cm³/mol. The molecule has 3 aromatic rings. The number of H-pyrrole nitrogens is 2. The van der Waals surface area contributed by atoms with Gasteiger partial charge in [-0.05, 0) is 25.0 Å². The molecule has 0 bridgehead atoms. The molecule has 0 saturated heterocycles. The minimum Gasteiger partial charge on any atom is -0.372 e. The fourth-order valence-corrected chi connectivity index (χ4v) is 3.81. The number of thiophene rings is 1. The summed E-state index contributed by atoms with van der Waals surface area (Å²) in [5.74, 6) is 0. The van der Waals surface area contributed by atoms with E-state index in [-0.39, 0.29) is 11.7 Å². The Labute approximate surface area is 118 Å². The van der Waals surface area contributed by atoms with Crippen molar-refractivity contribution < 1.29 is 4.74 Å². The van der Waals surface area contributed by atoms with E-state index in [2.05, 4.69) is 21.2 Å². The van der Waals surface area contributed by atoms with E-state index >= 15 is 0 Å². The van der Waals surface area contributed by atoms with Crippen molar-refractivity contribution in [2.75, 3.05) is 6.61 Å². The van der Waals surface area contributed by atoms with Gasteiger partial charge in [0.15, 0.2) is 0 Å². The monoisotopic (exact) mass is 287 g/mol. The molecular weight excluding hydrogens is 274 g/mol. The second kappa shape index (κ2) is 4.29. The molecule has 1 atom stereocenters. The highest BCUT2D eigenvalue weighted by Crippen LogP contribution is 2.36. The molecule has 6 heteroatoms. The van der Waals surface area contributed by atoms with Crippen LogP contribution in [0.2, 0.25) is 0 Å². The molecule has 20 heavy (non-hydrogen) atoms. The van der Waals surface area contributed by atoms with E-state index in [1.54, 1.807) is 6.20 Å². The van der Waals surface area contributed by atoms with Crippen molar-refractivity contribution in [2.45, 2.75) is 19.4 Å². The average Bonchev–Trinajstić information content (AvgIpc) is 3.08. The number of hydrogen-bond acceptors (Lipinski definition) is 4. The maximum Gasteiger partial charge on any atom is 0.266 e. The van der Waals surface area contributed by atoms with Crippen LogP contribution in [0, 0.1) is 0 Å². The van der Waals surface area contributed by atoms with Crippen LogP contribution in [0.15, 0.2) is 23.3 Å². The molecule has 4 heterocycles. The van der Waals surface area contributed by atoms with Crippen molar-refractivity contribution in [3.63, 3.8) is 0 Å². The molecule has 0 aromatic carbocycles. The standard InChI is InChI=1S/C14H13N3O2S/c1-7-12-9(2-3-19-7)10-4-11(8-5-15-16-6-8)20-13(10)14(18)17-12/h4-7H,2-3H2,1H3,(H,15,16)(H,17,18). The summed E-state index contributed by atoms with van der Waals surface area (Å²) in [5.41, 5.74) is 3.12. The Bertz CT molecular complexity index is 832. The molecule has 0 radical (unpaired) electrons. The first-order valence-electron chi connectivity index (χ1n) is 6.53. The fourth-order valence-electron chi connectivity index (χ4n) is 2.75. The molecule has 1 aliphatic heterocycles. The van der Waals surface area contributed by atoms with Gasteiger partial charge in [-0.3, -0.25) is 9.89 Å². The van der Waals surface area contributed by atoms with E-state index in [1.807, 2.05) is 13.1 Å². The van der Waals surface area contributed by atoms with Crippen LogP contribution in [0.25, 0.3) is 20.5 Å². The van der Waals surface area contributed by atoms with E-state index in [9.17, 15) is 4.79 Å². The van der Waals surface area contributed by atoms with Crippen LogP contribution in [0.4, 0.5) is 0 Å². The minimum absolute atomic E-state index is 0.0316. The summed E-state index contributed by atoms with van der Waals surface area (Å²) in [6.45, 7) is 2.68. The number of nitrogens with one attached hydrogen (secondary N) is 2. The van der Waals surface area contributed by atoms with Crippen molar-refractivity contribution in [3.8, 4) is 10.4 Å². The Balaban J connectivity index is 2.02. The lowest BCUT2D eigenvalue weighted by Crippen LogP contribution is -2.20. The van der Waals surface area contributed by atoms with Gasteiger partial charge in [0.05, 0.1) is 24.6 Å². The lowest BCUT2D eigenvalue weighted by molar-refractivity contribution is 0.0524. The average molecular weight is 287 g/mol. The van der Waals surface area contributed by atoms with Crippen molar-refractivity contribution in [1.29, 1.82) is 0 Å². The van der Waals surface area contributed by atoms with Crippen molar-refractivity contribution in [3.05, 3.63) is 40.1 Å². The number of aromatic nitrogens is 3. The number of aromatic amines is 2. The number of fused-ring (bicyclic) bond motifs is 3. The summed E-state index contributed by atoms with van der Waals surface area (Å²) >= 11 is 1.51. The first kappa shape index (κ1) is 11.9. The van der Waals surface area contributed by atoms with E-state index in [0.29, 0.717) is 6.61 Å². The largest absolute Gasteiger partial charge is 0.372 e. The Hall–Kier alpha value is -1.92. The summed E-state index contributed by atoms with van der Waals surface area (Å²) < 4.78 is 6.39. The van der Waals surface area contributed by atoms with Gasteiger partial charge in [0.25, 0.3) is 5.56 Å². The SMILES string of the molecule is CC1OCCc2c1[nH]c(=O)c1sc(-c3cn[nH]c3)cc21. The normalized spacial score (nSPS) is 18.4. The zero-order valence-corrected chi connectivity index (χ0v) is 11.7. The Kier molecular flexibility index (Phi) is 2.55. The minimum atomic E-state index is -0.0480. The smallest absolute Gasteiger partial charge is 0.266 e. The number of rotatable bonds is 1. The topological polar surface area (TPSA) is 70.8 Å². The van der Waals surface area contributed by atoms with Crippen molar-refractivity contribution >= 4 is 21.4 Å². The van der Waals surface area contributed by atoms with Gasteiger partial charge in [0.2, 0.25) is 0 Å². The molecule has 4 rings (SSSR count). The highest BCUT2D eigenvalue weighted by molar-refractivity contribution is 7.22. The van der Waals surface area contributed by atoms with Crippen LogP contribution in [0.3, 0.4) is 0 Å². The molecule has 0 fully saturated rings. The van der Waals surface area contributed by atoms with Gasteiger partial charge in [-0.15, -0.1) is 11.3 Å². The third-order valence-corrected chi connectivity index (χ3v) is 4.93. The van der Waals surface area contributed by atoms with Crippen molar-refractivity contribution in [2.24, 2.45) is 0 Å². The van der Waals surface area contributed by atoms with E-state index in [0.717, 1.165) is 32.6 Å². The van der Waals surface area contributed by atoms with Crippen molar-refractivity contribution in [1.82, 2.24) is 15.2 Å². The summed E-state index contributed by atoms with van der Waals surface area (Å²) in [6.07, 6.45) is 4.41. The molecule has 3 aromatic heterocycles. The third-order valence-electron chi connectivity index (χ3n) is 3.75. The van der Waals surface area contributed by atoms with E-state index < -0.39 is 0 Å². The van der Waals surface area contributed by atoms with Crippen LogP contribution in [-0.2, 0) is 11.2 Å². The molecule has 5 nitrogen and oxygen atoms in total. The molecule has 1 aliphatic rings. The summed E-state index contributed by atoms with van der Waals surface area (Å²) in [5, 5.41) is 7.83. The lowest BCUT2D eigenvalue weighted by atomic mass is 10.0. The summed E-state index contributed by atoms with van der Waals surface area (Å²) in [7, 11) is 0. The lowest BCUT2D eigenvalue weighted by Gasteiger charge is -2.22. The fraction of sp³-hybridized carbons (Fsp3) is 0.286. The highest BCUT2D eigenvalue weighted by atomic mass is 32.1. The molecule has 0 saturated carbocycles. The molecular formula is C14H13N3O2S.